The molecule has 2 rings (SSSR count). The topological polar surface area (TPSA) is 44.8 Å². The van der Waals surface area contributed by atoms with E-state index < -0.39 is 0 Å². The summed E-state index contributed by atoms with van der Waals surface area (Å²) in [5, 5.41) is 3.01. The van der Waals surface area contributed by atoms with Crippen LogP contribution < -0.4 is 10.1 Å². The number of hydrogen-bond donors (Lipinski definition) is 1. The Balaban J connectivity index is 1.73. The molecule has 1 aromatic rings. The van der Waals surface area contributed by atoms with Gasteiger partial charge in [0, 0.05) is 32.2 Å². The van der Waals surface area contributed by atoms with Gasteiger partial charge in [-0.1, -0.05) is 19.1 Å². The number of nitrogens with zero attached hydrogens (tertiary/aromatic N) is 2. The van der Waals surface area contributed by atoms with Gasteiger partial charge >= 0.3 is 0 Å². The van der Waals surface area contributed by atoms with Gasteiger partial charge in [0.1, 0.15) is 5.75 Å². The molecule has 1 aromatic carbocycles. The Bertz CT molecular complexity index is 490. The molecule has 1 atom stereocenters. The predicted molar refractivity (Wildman–Crippen MR) is 92.6 cm³/mol. The maximum Gasteiger partial charge on any atom is 0.234 e. The van der Waals surface area contributed by atoms with E-state index in [1.54, 1.807) is 0 Å². The second-order valence-corrected chi connectivity index (χ2v) is 6.35. The van der Waals surface area contributed by atoms with Gasteiger partial charge in [0.2, 0.25) is 5.91 Å². The lowest BCUT2D eigenvalue weighted by Gasteiger charge is -2.37. The summed E-state index contributed by atoms with van der Waals surface area (Å²) >= 11 is 0. The molecule has 1 heterocycles. The largest absolute Gasteiger partial charge is 0.494 e. The van der Waals surface area contributed by atoms with Crippen molar-refractivity contribution < 1.29 is 9.53 Å². The van der Waals surface area contributed by atoms with Gasteiger partial charge in [-0.25, -0.2) is 0 Å². The first-order valence-electron chi connectivity index (χ1n) is 8.49. The molecular formula is C18H29N3O2. The summed E-state index contributed by atoms with van der Waals surface area (Å²) < 4.78 is 5.56. The molecule has 1 aliphatic rings. The second kappa shape index (κ2) is 8.89. The van der Waals surface area contributed by atoms with Gasteiger partial charge < -0.3 is 15.0 Å². The summed E-state index contributed by atoms with van der Waals surface area (Å²) in [5.74, 6) is 0.973. The molecule has 0 spiro atoms. The fraction of sp³-hybridized carbons (Fsp3) is 0.611. The van der Waals surface area contributed by atoms with Crippen LogP contribution in [0.15, 0.2) is 24.3 Å². The quantitative estimate of drug-likeness (QED) is 0.831. The number of nitrogens with one attached hydrogen (secondary N) is 1. The van der Waals surface area contributed by atoms with E-state index in [1.807, 2.05) is 24.3 Å². The number of piperazine rings is 1. The number of carbonyl (C=O) groups is 1. The molecule has 5 heteroatoms. The van der Waals surface area contributed by atoms with E-state index in [0.717, 1.165) is 44.0 Å². The van der Waals surface area contributed by atoms with E-state index in [9.17, 15) is 4.79 Å². The third kappa shape index (κ3) is 5.84. The van der Waals surface area contributed by atoms with Gasteiger partial charge in [0.25, 0.3) is 0 Å². The molecule has 5 nitrogen and oxygen atoms in total. The van der Waals surface area contributed by atoms with Crippen molar-refractivity contribution in [2.45, 2.75) is 32.9 Å². The molecule has 0 aromatic heterocycles. The molecule has 0 bridgehead atoms. The Labute approximate surface area is 139 Å². The van der Waals surface area contributed by atoms with Gasteiger partial charge in [-0.15, -0.1) is 0 Å². The average molecular weight is 319 g/mol. The van der Waals surface area contributed by atoms with Crippen molar-refractivity contribution >= 4 is 5.91 Å². The van der Waals surface area contributed by atoms with Crippen molar-refractivity contribution in [1.82, 2.24) is 15.1 Å². The number of rotatable bonds is 7. The highest BCUT2D eigenvalue weighted by Crippen LogP contribution is 2.12. The van der Waals surface area contributed by atoms with E-state index in [2.05, 4.69) is 36.0 Å². The third-order valence-corrected chi connectivity index (χ3v) is 4.20. The van der Waals surface area contributed by atoms with Crippen LogP contribution in [-0.4, -0.2) is 61.6 Å². The van der Waals surface area contributed by atoms with Gasteiger partial charge in [-0.05, 0) is 38.1 Å². The van der Waals surface area contributed by atoms with Crippen LogP contribution in [0.1, 0.15) is 25.8 Å². The Morgan fingerprint density at radius 1 is 1.30 bits per heavy atom. The van der Waals surface area contributed by atoms with Crippen LogP contribution in [0.5, 0.6) is 5.75 Å². The van der Waals surface area contributed by atoms with E-state index >= 15 is 0 Å². The highest BCUT2D eigenvalue weighted by atomic mass is 16.5. The van der Waals surface area contributed by atoms with Crippen molar-refractivity contribution in [3.05, 3.63) is 29.8 Å². The molecule has 1 aliphatic heterocycles. The highest BCUT2D eigenvalue weighted by molar-refractivity contribution is 5.78. The molecule has 1 unspecified atom stereocenters. The number of carbonyl (C=O) groups excluding carboxylic acids is 1. The number of benzene rings is 1. The summed E-state index contributed by atoms with van der Waals surface area (Å²) in [6, 6.07) is 8.35. The molecule has 1 amide bonds. The number of amides is 1. The number of ether oxygens (including phenoxy) is 1. The van der Waals surface area contributed by atoms with E-state index in [4.69, 9.17) is 4.74 Å². The standard InChI is InChI=1S/C18H29N3O2/c1-4-11-23-17-7-5-16(6-8-17)12-19-18(22)14-21-10-9-20(3)13-15(21)2/h5-8,15H,4,9-14H2,1-3H3,(H,19,22). The van der Waals surface area contributed by atoms with Crippen LogP contribution in [0.3, 0.4) is 0 Å². The zero-order chi connectivity index (χ0) is 16.7. The van der Waals surface area contributed by atoms with Crippen LogP contribution in [0, 0.1) is 0 Å². The zero-order valence-electron chi connectivity index (χ0n) is 14.5. The van der Waals surface area contributed by atoms with Gasteiger partial charge in [0.15, 0.2) is 0 Å². The predicted octanol–water partition coefficient (Wildman–Crippen LogP) is 1.73. The fourth-order valence-corrected chi connectivity index (χ4v) is 2.78. The molecule has 1 saturated heterocycles. The maximum absolute atomic E-state index is 12.1. The fourth-order valence-electron chi connectivity index (χ4n) is 2.78. The van der Waals surface area contributed by atoms with Crippen LogP contribution in [-0.2, 0) is 11.3 Å². The first-order chi connectivity index (χ1) is 11.1. The molecule has 1 N–H and O–H groups in total. The van der Waals surface area contributed by atoms with Gasteiger partial charge in [-0.2, -0.15) is 0 Å². The molecule has 0 aliphatic carbocycles. The smallest absolute Gasteiger partial charge is 0.234 e. The van der Waals surface area contributed by atoms with Crippen molar-refractivity contribution in [2.24, 2.45) is 0 Å². The Morgan fingerprint density at radius 2 is 2.04 bits per heavy atom. The maximum atomic E-state index is 12.1. The molecular weight excluding hydrogens is 290 g/mol. The van der Waals surface area contributed by atoms with Crippen LogP contribution in [0.2, 0.25) is 0 Å². The summed E-state index contributed by atoms with van der Waals surface area (Å²) in [6.45, 7) is 9.04. The minimum Gasteiger partial charge on any atom is -0.494 e. The number of likely N-dealkylation sites (N-methyl/N-ethyl adjacent to an activating group) is 1. The molecule has 1 fully saturated rings. The Kier molecular flexibility index (Phi) is 6.86. The summed E-state index contributed by atoms with van der Waals surface area (Å²) in [4.78, 5) is 16.7. The van der Waals surface area contributed by atoms with Crippen molar-refractivity contribution in [3.63, 3.8) is 0 Å². The van der Waals surface area contributed by atoms with Crippen LogP contribution in [0.4, 0.5) is 0 Å². The normalized spacial score (nSPS) is 19.5. The first-order valence-corrected chi connectivity index (χ1v) is 8.49. The molecule has 0 saturated carbocycles. The molecule has 0 radical (unpaired) electrons. The minimum absolute atomic E-state index is 0.0905. The van der Waals surface area contributed by atoms with Crippen molar-refractivity contribution in [3.8, 4) is 5.75 Å². The van der Waals surface area contributed by atoms with Crippen molar-refractivity contribution in [1.29, 1.82) is 0 Å². The average Bonchev–Trinajstić information content (AvgIpc) is 2.54. The molecule has 128 valence electrons. The highest BCUT2D eigenvalue weighted by Gasteiger charge is 2.22. The van der Waals surface area contributed by atoms with E-state index in [0.29, 0.717) is 19.1 Å². The Morgan fingerprint density at radius 3 is 2.70 bits per heavy atom. The summed E-state index contributed by atoms with van der Waals surface area (Å²) in [6.07, 6.45) is 1.00. The molecule has 23 heavy (non-hydrogen) atoms. The van der Waals surface area contributed by atoms with Crippen LogP contribution in [0.25, 0.3) is 0 Å². The lowest BCUT2D eigenvalue weighted by Crippen LogP contribution is -2.53. The van der Waals surface area contributed by atoms with Gasteiger partial charge in [0.05, 0.1) is 13.2 Å². The summed E-state index contributed by atoms with van der Waals surface area (Å²) in [5.41, 5.74) is 1.09. The van der Waals surface area contributed by atoms with E-state index in [-0.39, 0.29) is 5.91 Å². The zero-order valence-corrected chi connectivity index (χ0v) is 14.5. The SMILES string of the molecule is CCCOc1ccc(CNC(=O)CN2CCN(C)CC2C)cc1. The minimum atomic E-state index is 0.0905. The number of hydrogen-bond acceptors (Lipinski definition) is 4. The lowest BCUT2D eigenvalue weighted by atomic mass is 10.2. The van der Waals surface area contributed by atoms with Gasteiger partial charge in [-0.3, -0.25) is 9.69 Å². The lowest BCUT2D eigenvalue weighted by molar-refractivity contribution is -0.123. The monoisotopic (exact) mass is 319 g/mol. The second-order valence-electron chi connectivity index (χ2n) is 6.35. The van der Waals surface area contributed by atoms with Crippen molar-refractivity contribution in [2.75, 3.05) is 39.8 Å². The first kappa shape index (κ1) is 17.8. The van der Waals surface area contributed by atoms with Crippen LogP contribution >= 0.6 is 0 Å². The Hall–Kier alpha value is -1.59. The summed E-state index contributed by atoms with van der Waals surface area (Å²) in [7, 11) is 2.13. The van der Waals surface area contributed by atoms with E-state index in [1.165, 1.54) is 0 Å². The third-order valence-electron chi connectivity index (χ3n) is 4.20.